The molecule has 0 bridgehead atoms. The molecule has 3 aromatic rings. The summed E-state index contributed by atoms with van der Waals surface area (Å²) in [5.41, 5.74) is 5.17. The maximum atomic E-state index is 14.4. The Bertz CT molecular complexity index is 1150. The first-order valence-electron chi connectivity index (χ1n) is 9.89. The van der Waals surface area contributed by atoms with Gasteiger partial charge in [-0.25, -0.2) is 9.37 Å². The number of hydrogen-bond donors (Lipinski definition) is 1. The third-order valence-corrected chi connectivity index (χ3v) is 5.85. The lowest BCUT2D eigenvalue weighted by molar-refractivity contribution is 0.333. The molecule has 146 valence electrons. The molecule has 0 unspecified atom stereocenters. The predicted molar refractivity (Wildman–Crippen MR) is 116 cm³/mol. The van der Waals surface area contributed by atoms with Crippen molar-refractivity contribution < 1.29 is 4.39 Å². The van der Waals surface area contributed by atoms with Crippen LogP contribution in [0.2, 0.25) is 5.02 Å². The molecular formula is C23H20ClFN4. The van der Waals surface area contributed by atoms with Gasteiger partial charge in [-0.05, 0) is 55.2 Å². The van der Waals surface area contributed by atoms with Crippen LogP contribution >= 0.6 is 11.6 Å². The molecule has 0 atom stereocenters. The number of nitrogens with one attached hydrogen (secondary N) is 1. The Morgan fingerprint density at radius 2 is 2.00 bits per heavy atom. The van der Waals surface area contributed by atoms with E-state index >= 15 is 0 Å². The normalized spacial score (nSPS) is 16.5. The number of nitrogens with zero attached hydrogens (tertiary/aromatic N) is 3. The first-order chi connectivity index (χ1) is 14.2. The Balaban J connectivity index is 1.46. The van der Waals surface area contributed by atoms with E-state index in [1.54, 1.807) is 6.07 Å². The van der Waals surface area contributed by atoms with Crippen molar-refractivity contribution in [2.75, 3.05) is 18.4 Å². The number of allylic oxidation sites excluding steroid dienone is 1. The number of pyridine rings is 2. The Kier molecular flexibility index (Phi) is 4.76. The highest BCUT2D eigenvalue weighted by Crippen LogP contribution is 2.29. The van der Waals surface area contributed by atoms with Gasteiger partial charge in [-0.1, -0.05) is 24.1 Å². The van der Waals surface area contributed by atoms with Crippen LogP contribution in [0.25, 0.3) is 16.6 Å². The van der Waals surface area contributed by atoms with Gasteiger partial charge in [0.25, 0.3) is 0 Å². The summed E-state index contributed by atoms with van der Waals surface area (Å²) in [4.78, 5) is 13.8. The van der Waals surface area contributed by atoms with E-state index in [0.717, 1.165) is 40.5 Å². The van der Waals surface area contributed by atoms with Gasteiger partial charge in [-0.3, -0.25) is 9.98 Å². The van der Waals surface area contributed by atoms with Gasteiger partial charge >= 0.3 is 0 Å². The van der Waals surface area contributed by atoms with Crippen LogP contribution in [0.15, 0.2) is 53.7 Å². The van der Waals surface area contributed by atoms with Crippen LogP contribution in [0.1, 0.15) is 30.5 Å². The number of rotatable bonds is 5. The number of hydrogen-bond acceptors (Lipinski definition) is 4. The van der Waals surface area contributed by atoms with Gasteiger partial charge in [0.05, 0.1) is 40.9 Å². The van der Waals surface area contributed by atoms with E-state index in [0.29, 0.717) is 22.8 Å². The minimum Gasteiger partial charge on any atom is -0.383 e. The summed E-state index contributed by atoms with van der Waals surface area (Å²) in [6.07, 6.45) is 7.75. The second-order valence-electron chi connectivity index (χ2n) is 7.57. The molecule has 4 nitrogen and oxygen atoms in total. The molecule has 1 aromatic carbocycles. The first-order valence-corrected chi connectivity index (χ1v) is 10.3. The molecule has 6 heteroatoms. The number of aromatic nitrogens is 2. The SMILES string of the molecule is Fc1ccc(Cl)cc1C1=NCC=C1c1ccc2ncc(NCC3CCC3)cc2n1. The van der Waals surface area contributed by atoms with Crippen LogP contribution in [0.3, 0.4) is 0 Å². The van der Waals surface area contributed by atoms with E-state index in [-0.39, 0.29) is 5.82 Å². The van der Waals surface area contributed by atoms with E-state index < -0.39 is 0 Å². The summed E-state index contributed by atoms with van der Waals surface area (Å²) in [5.74, 6) is 0.422. The molecule has 1 N–H and O–H groups in total. The molecule has 5 rings (SSSR count). The lowest BCUT2D eigenvalue weighted by atomic mass is 9.85. The van der Waals surface area contributed by atoms with Gasteiger partial charge in [-0.2, -0.15) is 0 Å². The minimum atomic E-state index is -0.342. The standard InChI is InChI=1S/C23H20ClFN4/c24-15-4-5-19(25)18(10-15)23-17(8-9-26-23)20-6-7-21-22(29-20)11-16(13-28-21)27-12-14-2-1-3-14/h4-8,10-11,13-14,27H,1-3,9,12H2. The van der Waals surface area contributed by atoms with Crippen LogP contribution < -0.4 is 5.32 Å². The predicted octanol–water partition coefficient (Wildman–Crippen LogP) is 5.52. The van der Waals surface area contributed by atoms with E-state index in [1.165, 1.54) is 31.4 Å². The lowest BCUT2D eigenvalue weighted by Crippen LogP contribution is -2.20. The van der Waals surface area contributed by atoms with Crippen LogP contribution in [-0.2, 0) is 0 Å². The second kappa shape index (κ2) is 7.56. The Labute approximate surface area is 173 Å². The van der Waals surface area contributed by atoms with Crippen LogP contribution in [0.4, 0.5) is 10.1 Å². The average Bonchev–Trinajstić information content (AvgIpc) is 3.17. The van der Waals surface area contributed by atoms with Gasteiger partial charge in [0.2, 0.25) is 0 Å². The molecule has 1 aliphatic heterocycles. The van der Waals surface area contributed by atoms with E-state index in [9.17, 15) is 4.39 Å². The van der Waals surface area contributed by atoms with E-state index in [4.69, 9.17) is 16.6 Å². The topological polar surface area (TPSA) is 50.2 Å². The van der Waals surface area contributed by atoms with Crippen molar-refractivity contribution in [1.82, 2.24) is 9.97 Å². The highest BCUT2D eigenvalue weighted by atomic mass is 35.5. The summed E-state index contributed by atoms with van der Waals surface area (Å²) in [5, 5.41) is 3.95. The second-order valence-corrected chi connectivity index (χ2v) is 8.00. The molecule has 1 fully saturated rings. The van der Waals surface area contributed by atoms with Crippen molar-refractivity contribution in [2.24, 2.45) is 10.9 Å². The van der Waals surface area contributed by atoms with Crippen LogP contribution in [0, 0.1) is 11.7 Å². The third kappa shape index (κ3) is 3.62. The maximum Gasteiger partial charge on any atom is 0.132 e. The van der Waals surface area contributed by atoms with E-state index in [2.05, 4.69) is 15.3 Å². The molecule has 0 radical (unpaired) electrons. The number of benzene rings is 1. The highest BCUT2D eigenvalue weighted by molar-refractivity contribution is 6.35. The molecular weight excluding hydrogens is 387 g/mol. The average molecular weight is 407 g/mol. The zero-order chi connectivity index (χ0) is 19.8. The number of aliphatic imine (C=N–C) groups is 1. The minimum absolute atomic E-state index is 0.342. The summed E-state index contributed by atoms with van der Waals surface area (Å²) >= 11 is 6.08. The van der Waals surface area contributed by atoms with Gasteiger partial charge in [0, 0.05) is 22.7 Å². The largest absolute Gasteiger partial charge is 0.383 e. The molecule has 1 aliphatic carbocycles. The summed E-state index contributed by atoms with van der Waals surface area (Å²) in [6.45, 7) is 1.47. The van der Waals surface area contributed by atoms with Crippen molar-refractivity contribution in [1.29, 1.82) is 0 Å². The van der Waals surface area contributed by atoms with Gasteiger partial charge in [-0.15, -0.1) is 0 Å². The van der Waals surface area contributed by atoms with Crippen molar-refractivity contribution >= 4 is 39.6 Å². The summed E-state index contributed by atoms with van der Waals surface area (Å²) < 4.78 is 14.4. The molecule has 2 aliphatic rings. The molecule has 2 aromatic heterocycles. The Morgan fingerprint density at radius 1 is 1.10 bits per heavy atom. The fourth-order valence-corrected chi connectivity index (χ4v) is 3.93. The number of fused-ring (bicyclic) bond motifs is 1. The molecule has 1 saturated carbocycles. The number of anilines is 1. The maximum absolute atomic E-state index is 14.4. The summed E-state index contributed by atoms with van der Waals surface area (Å²) in [6, 6.07) is 10.4. The first kappa shape index (κ1) is 18.3. The van der Waals surface area contributed by atoms with Gasteiger partial charge in [0.1, 0.15) is 5.82 Å². The van der Waals surface area contributed by atoms with Gasteiger partial charge < -0.3 is 5.32 Å². The molecule has 29 heavy (non-hydrogen) atoms. The van der Waals surface area contributed by atoms with Gasteiger partial charge in [0.15, 0.2) is 0 Å². The third-order valence-electron chi connectivity index (χ3n) is 5.62. The summed E-state index contributed by atoms with van der Waals surface area (Å²) in [7, 11) is 0. The number of halogens is 2. The molecule has 0 saturated heterocycles. The molecule has 0 spiro atoms. The van der Waals surface area contributed by atoms with Crippen LogP contribution in [0.5, 0.6) is 0 Å². The quantitative estimate of drug-likeness (QED) is 0.606. The molecule has 3 heterocycles. The molecule has 0 amide bonds. The zero-order valence-corrected chi connectivity index (χ0v) is 16.6. The monoisotopic (exact) mass is 406 g/mol. The van der Waals surface area contributed by atoms with Crippen molar-refractivity contribution in [2.45, 2.75) is 19.3 Å². The van der Waals surface area contributed by atoms with E-state index in [1.807, 2.05) is 30.5 Å². The fraction of sp³-hybridized carbons (Fsp3) is 0.261. The smallest absolute Gasteiger partial charge is 0.132 e. The van der Waals surface area contributed by atoms with Crippen molar-refractivity contribution in [3.05, 3.63) is 70.8 Å². The lowest BCUT2D eigenvalue weighted by Gasteiger charge is -2.25. The Morgan fingerprint density at radius 3 is 2.83 bits per heavy atom. The highest BCUT2D eigenvalue weighted by Gasteiger charge is 2.21. The fourth-order valence-electron chi connectivity index (χ4n) is 3.76. The zero-order valence-electron chi connectivity index (χ0n) is 15.8. The van der Waals surface area contributed by atoms with Crippen LogP contribution in [-0.4, -0.2) is 28.8 Å². The Hall–Kier alpha value is -2.79. The van der Waals surface area contributed by atoms with Crippen molar-refractivity contribution in [3.8, 4) is 0 Å². The van der Waals surface area contributed by atoms with Crippen molar-refractivity contribution in [3.63, 3.8) is 0 Å².